The molecular formula is C15H10F3NO3. The van der Waals surface area contributed by atoms with Crippen LogP contribution in [0, 0.1) is 17.5 Å². The van der Waals surface area contributed by atoms with E-state index in [0.717, 1.165) is 30.3 Å². The molecule has 0 aliphatic rings. The number of carbonyl (C=O) groups is 2. The van der Waals surface area contributed by atoms with Crippen molar-refractivity contribution in [3.63, 3.8) is 0 Å². The minimum atomic E-state index is -0.954. The molecule has 22 heavy (non-hydrogen) atoms. The Morgan fingerprint density at radius 1 is 1.00 bits per heavy atom. The highest BCUT2D eigenvalue weighted by molar-refractivity contribution is 5.95. The molecule has 2 aromatic rings. The maximum absolute atomic E-state index is 13.3. The van der Waals surface area contributed by atoms with Crippen molar-refractivity contribution in [1.29, 1.82) is 0 Å². The Morgan fingerprint density at radius 3 is 2.27 bits per heavy atom. The van der Waals surface area contributed by atoms with Gasteiger partial charge in [-0.25, -0.2) is 18.0 Å². The van der Waals surface area contributed by atoms with Crippen LogP contribution in [0.5, 0.6) is 0 Å². The molecule has 0 bridgehead atoms. The lowest BCUT2D eigenvalue weighted by atomic mass is 10.2. The molecule has 114 valence electrons. The number of benzene rings is 2. The summed E-state index contributed by atoms with van der Waals surface area (Å²) in [4.78, 5) is 23.1. The highest BCUT2D eigenvalue weighted by Gasteiger charge is 2.14. The standard InChI is InChI=1S/C15H10F3NO3/c16-10-4-1-3-9(7-10)15(21)22-8-13(20)19-14-11(17)5-2-6-12(14)18/h1-7H,8H2,(H,19,20). The van der Waals surface area contributed by atoms with Crippen LogP contribution in [0.2, 0.25) is 0 Å². The fraction of sp³-hybridized carbons (Fsp3) is 0.0667. The van der Waals surface area contributed by atoms with Crippen LogP contribution >= 0.6 is 0 Å². The van der Waals surface area contributed by atoms with E-state index in [4.69, 9.17) is 0 Å². The van der Waals surface area contributed by atoms with E-state index in [-0.39, 0.29) is 5.56 Å². The second-order valence-electron chi connectivity index (χ2n) is 4.23. The Labute approximate surface area is 123 Å². The van der Waals surface area contributed by atoms with Crippen LogP contribution in [0.3, 0.4) is 0 Å². The van der Waals surface area contributed by atoms with E-state index in [1.165, 1.54) is 12.1 Å². The molecule has 2 rings (SSSR count). The Hall–Kier alpha value is -2.83. The molecule has 4 nitrogen and oxygen atoms in total. The molecule has 0 radical (unpaired) electrons. The number of anilines is 1. The number of hydrogen-bond acceptors (Lipinski definition) is 3. The summed E-state index contributed by atoms with van der Waals surface area (Å²) in [6, 6.07) is 7.78. The summed E-state index contributed by atoms with van der Waals surface area (Å²) in [6.45, 7) is -0.761. The van der Waals surface area contributed by atoms with Crippen LogP contribution in [-0.4, -0.2) is 18.5 Å². The van der Waals surface area contributed by atoms with Gasteiger partial charge in [0.15, 0.2) is 6.61 Å². The number of para-hydroxylation sites is 1. The first-order chi connectivity index (χ1) is 10.5. The molecular weight excluding hydrogens is 299 g/mol. The number of hydrogen-bond donors (Lipinski definition) is 1. The number of halogens is 3. The second-order valence-corrected chi connectivity index (χ2v) is 4.23. The van der Waals surface area contributed by atoms with Gasteiger partial charge in [0.1, 0.15) is 23.1 Å². The Balaban J connectivity index is 1.94. The third kappa shape index (κ3) is 3.85. The van der Waals surface area contributed by atoms with Gasteiger partial charge in [0, 0.05) is 0 Å². The number of nitrogens with one attached hydrogen (secondary N) is 1. The van der Waals surface area contributed by atoms with Crippen molar-refractivity contribution in [1.82, 2.24) is 0 Å². The quantitative estimate of drug-likeness (QED) is 0.884. The molecule has 0 spiro atoms. The van der Waals surface area contributed by atoms with Crippen LogP contribution in [0.4, 0.5) is 18.9 Å². The van der Waals surface area contributed by atoms with Crippen LogP contribution in [0.25, 0.3) is 0 Å². The zero-order chi connectivity index (χ0) is 16.1. The van der Waals surface area contributed by atoms with Gasteiger partial charge in [0.2, 0.25) is 0 Å². The van der Waals surface area contributed by atoms with Gasteiger partial charge in [-0.05, 0) is 30.3 Å². The summed E-state index contributed by atoms with van der Waals surface area (Å²) in [5.74, 6) is -4.39. The molecule has 0 atom stereocenters. The number of rotatable bonds is 4. The molecule has 0 aliphatic heterocycles. The Kier molecular flexibility index (Phi) is 4.77. The van der Waals surface area contributed by atoms with Crippen molar-refractivity contribution >= 4 is 17.6 Å². The van der Waals surface area contributed by atoms with E-state index >= 15 is 0 Å². The van der Waals surface area contributed by atoms with Crippen LogP contribution in [-0.2, 0) is 9.53 Å². The first kappa shape index (κ1) is 15.6. The summed E-state index contributed by atoms with van der Waals surface area (Å²) in [7, 11) is 0. The summed E-state index contributed by atoms with van der Waals surface area (Å²) >= 11 is 0. The van der Waals surface area contributed by atoms with E-state index in [1.54, 1.807) is 0 Å². The fourth-order valence-corrected chi connectivity index (χ4v) is 1.62. The number of carbonyl (C=O) groups excluding carboxylic acids is 2. The molecule has 0 unspecified atom stereocenters. The Bertz CT molecular complexity index is 699. The molecule has 1 amide bonds. The van der Waals surface area contributed by atoms with Crippen molar-refractivity contribution in [2.24, 2.45) is 0 Å². The zero-order valence-corrected chi connectivity index (χ0v) is 11.1. The van der Waals surface area contributed by atoms with E-state index in [0.29, 0.717) is 0 Å². The second kappa shape index (κ2) is 6.75. The largest absolute Gasteiger partial charge is 0.452 e. The average molecular weight is 309 g/mol. The van der Waals surface area contributed by atoms with Gasteiger partial charge in [-0.1, -0.05) is 12.1 Å². The first-order valence-electron chi connectivity index (χ1n) is 6.14. The lowest BCUT2D eigenvalue weighted by Crippen LogP contribution is -2.22. The van der Waals surface area contributed by atoms with Gasteiger partial charge in [-0.3, -0.25) is 4.79 Å². The third-order valence-corrected chi connectivity index (χ3v) is 2.62. The van der Waals surface area contributed by atoms with E-state index in [9.17, 15) is 22.8 Å². The normalized spacial score (nSPS) is 10.1. The van der Waals surface area contributed by atoms with Crippen molar-refractivity contribution < 1.29 is 27.5 Å². The fourth-order valence-electron chi connectivity index (χ4n) is 1.62. The number of esters is 1. The van der Waals surface area contributed by atoms with E-state index < -0.39 is 41.6 Å². The molecule has 7 heteroatoms. The number of amides is 1. The lowest BCUT2D eigenvalue weighted by Gasteiger charge is -2.08. The van der Waals surface area contributed by atoms with Crippen molar-refractivity contribution in [2.75, 3.05) is 11.9 Å². The van der Waals surface area contributed by atoms with Crippen molar-refractivity contribution in [3.05, 3.63) is 65.5 Å². The van der Waals surface area contributed by atoms with Crippen molar-refractivity contribution in [2.45, 2.75) is 0 Å². The molecule has 0 fully saturated rings. The highest BCUT2D eigenvalue weighted by Crippen LogP contribution is 2.17. The topological polar surface area (TPSA) is 55.4 Å². The predicted molar refractivity (Wildman–Crippen MR) is 71.7 cm³/mol. The highest BCUT2D eigenvalue weighted by atomic mass is 19.1. The molecule has 0 aromatic heterocycles. The summed E-state index contributed by atoms with van der Waals surface area (Å²) in [6.07, 6.45) is 0. The molecule has 2 aromatic carbocycles. The summed E-state index contributed by atoms with van der Waals surface area (Å²) in [5.41, 5.74) is -0.709. The SMILES string of the molecule is O=C(COC(=O)c1cccc(F)c1)Nc1c(F)cccc1F. The maximum atomic E-state index is 13.3. The Morgan fingerprint density at radius 2 is 1.64 bits per heavy atom. The van der Waals surface area contributed by atoms with Crippen molar-refractivity contribution in [3.8, 4) is 0 Å². The van der Waals surface area contributed by atoms with Gasteiger partial charge in [0.05, 0.1) is 5.56 Å². The predicted octanol–water partition coefficient (Wildman–Crippen LogP) is 2.90. The third-order valence-electron chi connectivity index (χ3n) is 2.62. The lowest BCUT2D eigenvalue weighted by molar-refractivity contribution is -0.119. The van der Waals surface area contributed by atoms with E-state index in [2.05, 4.69) is 4.74 Å². The molecule has 1 N–H and O–H groups in total. The summed E-state index contributed by atoms with van der Waals surface area (Å²) < 4.78 is 44.2. The van der Waals surface area contributed by atoms with Crippen LogP contribution in [0.15, 0.2) is 42.5 Å². The van der Waals surface area contributed by atoms with Crippen LogP contribution in [0.1, 0.15) is 10.4 Å². The summed E-state index contributed by atoms with van der Waals surface area (Å²) in [5, 5.41) is 1.96. The van der Waals surface area contributed by atoms with Gasteiger partial charge < -0.3 is 10.1 Å². The van der Waals surface area contributed by atoms with Gasteiger partial charge in [0.25, 0.3) is 5.91 Å². The van der Waals surface area contributed by atoms with E-state index in [1.807, 2.05) is 5.32 Å². The van der Waals surface area contributed by atoms with Gasteiger partial charge in [-0.15, -0.1) is 0 Å². The molecule has 0 saturated carbocycles. The number of ether oxygens (including phenoxy) is 1. The molecule has 0 saturated heterocycles. The molecule has 0 aliphatic carbocycles. The first-order valence-corrected chi connectivity index (χ1v) is 6.14. The average Bonchev–Trinajstić information content (AvgIpc) is 2.48. The smallest absolute Gasteiger partial charge is 0.338 e. The minimum Gasteiger partial charge on any atom is -0.452 e. The van der Waals surface area contributed by atoms with Gasteiger partial charge in [-0.2, -0.15) is 0 Å². The monoisotopic (exact) mass is 309 g/mol. The van der Waals surface area contributed by atoms with Gasteiger partial charge >= 0.3 is 5.97 Å². The minimum absolute atomic E-state index is 0.0788. The zero-order valence-electron chi connectivity index (χ0n) is 11.1. The molecule has 0 heterocycles. The maximum Gasteiger partial charge on any atom is 0.338 e. The van der Waals surface area contributed by atoms with Crippen LogP contribution < -0.4 is 5.32 Å².